The van der Waals surface area contributed by atoms with Crippen molar-refractivity contribution in [2.75, 3.05) is 13.6 Å². The second-order valence-corrected chi connectivity index (χ2v) is 5.80. The van der Waals surface area contributed by atoms with Crippen molar-refractivity contribution >= 4 is 17.2 Å². The monoisotopic (exact) mass is 384 g/mol. The average Bonchev–Trinajstić information content (AvgIpc) is 2.93. The minimum absolute atomic E-state index is 0.141. The molecule has 2 aromatic heterocycles. The van der Waals surface area contributed by atoms with Crippen molar-refractivity contribution in [3.05, 3.63) is 40.2 Å². The number of nitrogens with zero attached hydrogens (tertiary/aromatic N) is 2. The Morgan fingerprint density at radius 3 is 2.48 bits per heavy atom. The van der Waals surface area contributed by atoms with Gasteiger partial charge in [0.25, 0.3) is 5.91 Å². The van der Waals surface area contributed by atoms with Gasteiger partial charge in [-0.1, -0.05) is 6.07 Å². The summed E-state index contributed by atoms with van der Waals surface area (Å²) >= 11 is 0.420. The fourth-order valence-corrected chi connectivity index (χ4v) is 2.45. The Kier molecular flexibility index (Phi) is 5.26. The van der Waals surface area contributed by atoms with Crippen molar-refractivity contribution in [3.63, 3.8) is 0 Å². The Labute approximate surface area is 141 Å². The van der Waals surface area contributed by atoms with E-state index in [9.17, 15) is 31.1 Å². The molecule has 0 unspecified atom stereocenters. The summed E-state index contributed by atoms with van der Waals surface area (Å²) in [7, 11) is 0.958. The predicted octanol–water partition coefficient (Wildman–Crippen LogP) is 4.59. The van der Waals surface area contributed by atoms with Gasteiger partial charge >= 0.3 is 12.4 Å². The maximum atomic E-state index is 12.5. The number of rotatable bonds is 4. The first kappa shape index (κ1) is 19.0. The molecule has 2 aromatic rings. The van der Waals surface area contributed by atoms with Gasteiger partial charge in [-0.3, -0.25) is 4.79 Å². The molecule has 0 saturated carbocycles. The van der Waals surface area contributed by atoms with Gasteiger partial charge in [0.1, 0.15) is 22.9 Å². The zero-order valence-electron chi connectivity index (χ0n) is 12.5. The summed E-state index contributed by atoms with van der Waals surface area (Å²) < 4.78 is 79.7. The molecule has 0 aliphatic rings. The van der Waals surface area contributed by atoms with Crippen LogP contribution in [0.25, 0.3) is 0 Å². The summed E-state index contributed by atoms with van der Waals surface area (Å²) in [5, 5.41) is 1.11. The lowest BCUT2D eigenvalue weighted by Gasteiger charge is -2.18. The lowest BCUT2D eigenvalue weighted by Crippen LogP contribution is -2.36. The van der Waals surface area contributed by atoms with Crippen molar-refractivity contribution in [1.82, 2.24) is 9.88 Å². The average molecular weight is 384 g/mol. The highest BCUT2D eigenvalue weighted by atomic mass is 32.1. The second kappa shape index (κ2) is 6.90. The highest BCUT2D eigenvalue weighted by Gasteiger charge is 2.33. The third-order valence-corrected chi connectivity index (χ3v) is 3.74. The van der Waals surface area contributed by atoms with E-state index in [0.29, 0.717) is 16.2 Å². The molecule has 1 amide bonds. The van der Waals surface area contributed by atoms with Crippen molar-refractivity contribution < 1.29 is 35.9 Å². The van der Waals surface area contributed by atoms with Crippen LogP contribution in [-0.2, 0) is 6.18 Å². The van der Waals surface area contributed by atoms with E-state index in [1.165, 1.54) is 18.2 Å². The lowest BCUT2D eigenvalue weighted by molar-refractivity contribution is -0.138. The van der Waals surface area contributed by atoms with Crippen LogP contribution in [0.1, 0.15) is 15.4 Å². The summed E-state index contributed by atoms with van der Waals surface area (Å²) in [5.74, 6) is -1.35. The summed E-state index contributed by atoms with van der Waals surface area (Å²) in [6.45, 7) is -1.46. The molecule has 11 heteroatoms. The van der Waals surface area contributed by atoms with E-state index in [-0.39, 0.29) is 17.3 Å². The molecule has 0 saturated heterocycles. The van der Waals surface area contributed by atoms with E-state index < -0.39 is 29.7 Å². The molecular formula is C14H10F6N2O2S. The maximum Gasteiger partial charge on any atom is 0.425 e. The molecule has 2 rings (SSSR count). The molecule has 0 atom stereocenters. The van der Waals surface area contributed by atoms with Crippen LogP contribution in [0.4, 0.5) is 26.3 Å². The Hall–Kier alpha value is -2.30. The molecule has 0 spiro atoms. The first-order valence-electron chi connectivity index (χ1n) is 6.58. The molecule has 4 nitrogen and oxygen atoms in total. The van der Waals surface area contributed by atoms with Crippen LogP contribution in [0, 0.1) is 0 Å². The van der Waals surface area contributed by atoms with E-state index in [1.807, 2.05) is 0 Å². The van der Waals surface area contributed by atoms with Crippen LogP contribution in [0.3, 0.4) is 0 Å². The van der Waals surface area contributed by atoms with Gasteiger partial charge in [0.15, 0.2) is 0 Å². The van der Waals surface area contributed by atoms with Crippen LogP contribution in [0.5, 0.6) is 11.6 Å². The highest BCUT2D eigenvalue weighted by molar-refractivity contribution is 7.10. The quantitative estimate of drug-likeness (QED) is 0.725. The van der Waals surface area contributed by atoms with Crippen molar-refractivity contribution in [2.24, 2.45) is 0 Å². The lowest BCUT2D eigenvalue weighted by atomic mass is 10.3. The molecule has 0 aromatic carbocycles. The van der Waals surface area contributed by atoms with Gasteiger partial charge in [-0.25, -0.2) is 4.98 Å². The van der Waals surface area contributed by atoms with Crippen LogP contribution in [-0.4, -0.2) is 35.6 Å². The normalized spacial score (nSPS) is 12.1. The fraction of sp³-hybridized carbons (Fsp3) is 0.286. The van der Waals surface area contributed by atoms with Gasteiger partial charge < -0.3 is 9.64 Å². The topological polar surface area (TPSA) is 42.4 Å². The zero-order valence-corrected chi connectivity index (χ0v) is 13.3. The zero-order chi connectivity index (χ0) is 18.8. The Bertz CT molecular complexity index is 756. The van der Waals surface area contributed by atoms with Crippen molar-refractivity contribution in [3.8, 4) is 11.6 Å². The number of hydrogen-bond acceptors (Lipinski definition) is 4. The van der Waals surface area contributed by atoms with E-state index in [4.69, 9.17) is 4.74 Å². The number of thiophene rings is 1. The predicted molar refractivity (Wildman–Crippen MR) is 76.6 cm³/mol. The molecule has 0 aliphatic carbocycles. The summed E-state index contributed by atoms with van der Waals surface area (Å²) in [4.78, 5) is 15.2. The number of ether oxygens (including phenoxy) is 1. The fourth-order valence-electron chi connectivity index (χ4n) is 1.77. The van der Waals surface area contributed by atoms with Crippen LogP contribution >= 0.6 is 11.3 Å². The Morgan fingerprint density at radius 2 is 1.92 bits per heavy atom. The first-order chi connectivity index (χ1) is 11.5. The van der Waals surface area contributed by atoms with Crippen LogP contribution in [0.15, 0.2) is 29.6 Å². The molecule has 0 fully saturated rings. The summed E-state index contributed by atoms with van der Waals surface area (Å²) in [5.41, 5.74) is -0.324. The molecule has 0 aliphatic heterocycles. The SMILES string of the molecule is CN(CC(F)(F)F)C(=O)c1cccc(Oc2csc(C(F)(F)F)c2)n1. The van der Waals surface area contributed by atoms with Gasteiger partial charge in [0, 0.05) is 24.6 Å². The standard InChI is InChI=1S/C14H10F6N2O2S/c1-22(7-13(15,16)17)12(23)9-3-2-4-11(21-9)24-8-5-10(25-6-8)14(18,19)20/h2-6H,7H2,1H3. The van der Waals surface area contributed by atoms with Crippen molar-refractivity contribution in [1.29, 1.82) is 0 Å². The molecule has 2 heterocycles. The van der Waals surface area contributed by atoms with E-state index in [1.54, 1.807) is 0 Å². The Morgan fingerprint density at radius 1 is 1.24 bits per heavy atom. The van der Waals surface area contributed by atoms with Crippen LogP contribution in [0.2, 0.25) is 0 Å². The van der Waals surface area contributed by atoms with E-state index in [0.717, 1.165) is 18.5 Å². The van der Waals surface area contributed by atoms with E-state index in [2.05, 4.69) is 4.98 Å². The molecule has 136 valence electrons. The number of halogens is 6. The third-order valence-electron chi connectivity index (χ3n) is 2.78. The number of aromatic nitrogens is 1. The summed E-state index contributed by atoms with van der Waals surface area (Å²) in [6, 6.07) is 4.51. The van der Waals surface area contributed by atoms with Gasteiger partial charge in [0.05, 0.1) is 0 Å². The maximum absolute atomic E-state index is 12.5. The van der Waals surface area contributed by atoms with Gasteiger partial charge in [-0.05, 0) is 6.07 Å². The summed E-state index contributed by atoms with van der Waals surface area (Å²) in [6.07, 6.45) is -9.08. The molecule has 0 N–H and O–H groups in total. The smallest absolute Gasteiger partial charge is 0.425 e. The number of carbonyl (C=O) groups is 1. The molecular weight excluding hydrogens is 374 g/mol. The molecule has 25 heavy (non-hydrogen) atoms. The Balaban J connectivity index is 2.13. The number of pyridine rings is 1. The van der Waals surface area contributed by atoms with Gasteiger partial charge in [-0.2, -0.15) is 26.3 Å². The number of amides is 1. The second-order valence-electron chi connectivity index (χ2n) is 4.88. The largest absolute Gasteiger partial charge is 0.438 e. The van der Waals surface area contributed by atoms with Gasteiger partial charge in [-0.15, -0.1) is 11.3 Å². The molecule has 0 bridgehead atoms. The minimum atomic E-state index is -4.57. The van der Waals surface area contributed by atoms with Crippen molar-refractivity contribution in [2.45, 2.75) is 12.4 Å². The van der Waals surface area contributed by atoms with Gasteiger partial charge in [0.2, 0.25) is 5.88 Å². The minimum Gasteiger partial charge on any atom is -0.438 e. The van der Waals surface area contributed by atoms with E-state index >= 15 is 0 Å². The highest BCUT2D eigenvalue weighted by Crippen LogP contribution is 2.37. The number of hydrogen-bond donors (Lipinski definition) is 0. The number of alkyl halides is 6. The van der Waals surface area contributed by atoms with Crippen LogP contribution < -0.4 is 4.74 Å². The third kappa shape index (κ3) is 5.34. The first-order valence-corrected chi connectivity index (χ1v) is 7.46. The number of carbonyl (C=O) groups excluding carboxylic acids is 1. The molecule has 0 radical (unpaired) electrons.